The maximum absolute atomic E-state index is 2.56. The average Bonchev–Trinajstić information content (AvgIpc) is 2.98. The van der Waals surface area contributed by atoms with Crippen molar-refractivity contribution in [3.63, 3.8) is 0 Å². The number of nitrogens with zero attached hydrogens (tertiary/aromatic N) is 1. The second-order valence-electron chi connectivity index (χ2n) is 10.1. The van der Waals surface area contributed by atoms with Gasteiger partial charge in [-0.1, -0.05) is 96.8 Å². The van der Waals surface area contributed by atoms with Gasteiger partial charge in [-0.3, -0.25) is 0 Å². The molecule has 0 aromatic rings. The maximum atomic E-state index is 2.56. The number of rotatable bonds is 15. The molecule has 2 aliphatic rings. The number of fused-ring (bicyclic) bond motifs is 1. The van der Waals surface area contributed by atoms with E-state index < -0.39 is 0 Å². The van der Waals surface area contributed by atoms with Gasteiger partial charge in [0, 0.05) is 11.8 Å². The molecule has 2 rings (SSSR count). The Morgan fingerprint density at radius 2 is 0.962 bits per heavy atom. The topological polar surface area (TPSA) is 0 Å². The van der Waals surface area contributed by atoms with Gasteiger partial charge >= 0.3 is 0 Å². The van der Waals surface area contributed by atoms with Crippen molar-refractivity contribution in [2.75, 3.05) is 26.7 Å². The van der Waals surface area contributed by atoms with Crippen LogP contribution in [-0.2, 0) is 0 Å². The van der Waals surface area contributed by atoms with Gasteiger partial charge in [0.15, 0.2) is 0 Å². The van der Waals surface area contributed by atoms with Crippen LogP contribution in [0.5, 0.6) is 0 Å². The first-order chi connectivity index (χ1) is 12.7. The van der Waals surface area contributed by atoms with Crippen LogP contribution < -0.4 is 0 Å². The van der Waals surface area contributed by atoms with Gasteiger partial charge in [0.25, 0.3) is 0 Å². The van der Waals surface area contributed by atoms with Crippen molar-refractivity contribution in [3.05, 3.63) is 0 Å². The summed E-state index contributed by atoms with van der Waals surface area (Å²) >= 11 is 0. The lowest BCUT2D eigenvalue weighted by Gasteiger charge is -2.30. The normalized spacial score (nSPS) is 28.4. The Labute approximate surface area is 165 Å². The molecule has 0 aromatic heterocycles. The zero-order valence-corrected chi connectivity index (χ0v) is 18.5. The average molecular weight is 365 g/mol. The van der Waals surface area contributed by atoms with Gasteiger partial charge in [0.1, 0.15) is 0 Å². The first kappa shape index (κ1) is 22.3. The lowest BCUT2D eigenvalue weighted by molar-refractivity contribution is -0.900. The molecule has 2 atom stereocenters. The summed E-state index contributed by atoms with van der Waals surface area (Å²) < 4.78 is 1.41. The molecular weight excluding hydrogens is 314 g/mol. The molecular formula is C25H50N+. The van der Waals surface area contributed by atoms with Gasteiger partial charge in [-0.15, -0.1) is 0 Å². The summed E-state index contributed by atoms with van der Waals surface area (Å²) in [4.78, 5) is 0. The predicted octanol–water partition coefficient (Wildman–Crippen LogP) is 7.73. The minimum absolute atomic E-state index is 1.08. The van der Waals surface area contributed by atoms with Gasteiger partial charge < -0.3 is 4.48 Å². The molecule has 0 bridgehead atoms. The van der Waals surface area contributed by atoms with E-state index in [0.29, 0.717) is 0 Å². The lowest BCUT2D eigenvalue weighted by atomic mass is 9.82. The fraction of sp³-hybridized carbons (Fsp3) is 1.00. The molecule has 0 radical (unpaired) electrons. The van der Waals surface area contributed by atoms with Crippen LogP contribution in [0.25, 0.3) is 0 Å². The van der Waals surface area contributed by atoms with Gasteiger partial charge in [-0.05, 0) is 25.7 Å². The van der Waals surface area contributed by atoms with Crippen LogP contribution in [0, 0.1) is 11.8 Å². The molecule has 1 heteroatoms. The highest BCUT2D eigenvalue weighted by atomic mass is 15.3. The predicted molar refractivity (Wildman–Crippen MR) is 117 cm³/mol. The number of hydrogen-bond acceptors (Lipinski definition) is 0. The van der Waals surface area contributed by atoms with E-state index in [1.54, 1.807) is 0 Å². The fourth-order valence-electron chi connectivity index (χ4n) is 5.84. The van der Waals surface area contributed by atoms with Crippen LogP contribution in [0.1, 0.15) is 122 Å². The van der Waals surface area contributed by atoms with E-state index in [2.05, 4.69) is 14.0 Å². The minimum Gasteiger partial charge on any atom is -0.326 e. The van der Waals surface area contributed by atoms with Crippen LogP contribution >= 0.6 is 0 Å². The second kappa shape index (κ2) is 13.2. The third kappa shape index (κ3) is 8.77. The van der Waals surface area contributed by atoms with Gasteiger partial charge in [0.2, 0.25) is 0 Å². The highest BCUT2D eigenvalue weighted by Gasteiger charge is 2.42. The molecule has 1 nitrogen and oxygen atoms in total. The highest BCUT2D eigenvalue weighted by molar-refractivity contribution is 4.80. The van der Waals surface area contributed by atoms with E-state index in [1.165, 1.54) is 140 Å². The first-order valence-corrected chi connectivity index (χ1v) is 12.6. The standard InChI is InChI=1S/C25H50N/c1-3-4-5-6-7-8-9-10-11-12-13-14-15-18-21-26(2)22-24-19-16-17-20-25(24)23-26/h24-25H,3-23H2,1-2H3/q+1. The van der Waals surface area contributed by atoms with E-state index in [-0.39, 0.29) is 0 Å². The summed E-state index contributed by atoms with van der Waals surface area (Å²) in [6.07, 6.45) is 26.8. The van der Waals surface area contributed by atoms with E-state index in [0.717, 1.165) is 11.8 Å². The second-order valence-corrected chi connectivity index (χ2v) is 10.1. The third-order valence-corrected chi connectivity index (χ3v) is 7.47. The third-order valence-electron chi connectivity index (χ3n) is 7.47. The van der Waals surface area contributed by atoms with Crippen LogP contribution in [-0.4, -0.2) is 31.2 Å². The molecule has 26 heavy (non-hydrogen) atoms. The monoisotopic (exact) mass is 364 g/mol. The summed E-state index contributed by atoms with van der Waals surface area (Å²) in [5.41, 5.74) is 0. The Hall–Kier alpha value is -0.0400. The molecule has 0 spiro atoms. The quantitative estimate of drug-likeness (QED) is 0.206. The van der Waals surface area contributed by atoms with E-state index in [4.69, 9.17) is 0 Å². The molecule has 0 amide bonds. The molecule has 1 saturated carbocycles. The van der Waals surface area contributed by atoms with Crippen LogP contribution in [0.3, 0.4) is 0 Å². The molecule has 2 unspecified atom stereocenters. The summed E-state index contributed by atoms with van der Waals surface area (Å²) in [7, 11) is 2.56. The van der Waals surface area contributed by atoms with E-state index in [1.807, 2.05) is 0 Å². The van der Waals surface area contributed by atoms with Crippen LogP contribution in [0.15, 0.2) is 0 Å². The Morgan fingerprint density at radius 1 is 0.577 bits per heavy atom. The SMILES string of the molecule is CCCCCCCCCCCCCCCC[N+]1(C)CC2CCCCC2C1. The molecule has 1 aliphatic heterocycles. The smallest absolute Gasteiger partial charge is 0.0818 e. The molecule has 1 heterocycles. The molecule has 1 saturated heterocycles. The van der Waals surface area contributed by atoms with Crippen LogP contribution in [0.4, 0.5) is 0 Å². The minimum atomic E-state index is 1.08. The molecule has 0 aromatic carbocycles. The summed E-state index contributed by atoms with van der Waals surface area (Å²) in [5.74, 6) is 2.17. The zero-order chi connectivity index (χ0) is 18.5. The fourth-order valence-corrected chi connectivity index (χ4v) is 5.84. The Bertz CT molecular complexity index is 323. The van der Waals surface area contributed by atoms with Crippen molar-refractivity contribution < 1.29 is 4.48 Å². The Morgan fingerprint density at radius 3 is 1.38 bits per heavy atom. The van der Waals surface area contributed by atoms with Gasteiger partial charge in [0.05, 0.1) is 26.7 Å². The number of hydrogen-bond donors (Lipinski definition) is 0. The van der Waals surface area contributed by atoms with Crippen molar-refractivity contribution in [3.8, 4) is 0 Å². The number of unbranched alkanes of at least 4 members (excludes halogenated alkanes) is 13. The first-order valence-electron chi connectivity index (χ1n) is 12.6. The molecule has 0 N–H and O–H groups in total. The van der Waals surface area contributed by atoms with Crippen molar-refractivity contribution in [1.29, 1.82) is 0 Å². The zero-order valence-electron chi connectivity index (χ0n) is 18.5. The number of likely N-dealkylation sites (tertiary alicyclic amines) is 1. The maximum Gasteiger partial charge on any atom is 0.0818 e. The van der Waals surface area contributed by atoms with Crippen molar-refractivity contribution >= 4 is 0 Å². The highest BCUT2D eigenvalue weighted by Crippen LogP contribution is 2.39. The van der Waals surface area contributed by atoms with E-state index >= 15 is 0 Å². The Kier molecular flexibility index (Phi) is 11.3. The van der Waals surface area contributed by atoms with Gasteiger partial charge in [-0.25, -0.2) is 0 Å². The van der Waals surface area contributed by atoms with Crippen molar-refractivity contribution in [1.82, 2.24) is 0 Å². The summed E-state index contributed by atoms with van der Waals surface area (Å²) in [6.45, 7) is 6.77. The lowest BCUT2D eigenvalue weighted by Crippen LogP contribution is -2.42. The van der Waals surface area contributed by atoms with E-state index in [9.17, 15) is 0 Å². The largest absolute Gasteiger partial charge is 0.326 e. The molecule has 2 fully saturated rings. The van der Waals surface area contributed by atoms with Crippen molar-refractivity contribution in [2.45, 2.75) is 122 Å². The van der Waals surface area contributed by atoms with Crippen molar-refractivity contribution in [2.24, 2.45) is 11.8 Å². The molecule has 154 valence electrons. The van der Waals surface area contributed by atoms with Crippen LogP contribution in [0.2, 0.25) is 0 Å². The summed E-state index contributed by atoms with van der Waals surface area (Å²) in [6, 6.07) is 0. The molecule has 1 aliphatic carbocycles. The number of quaternary nitrogens is 1. The summed E-state index contributed by atoms with van der Waals surface area (Å²) in [5, 5.41) is 0. The Balaban J connectivity index is 1.34. The van der Waals surface area contributed by atoms with Gasteiger partial charge in [-0.2, -0.15) is 0 Å².